The topological polar surface area (TPSA) is 97.1 Å². The first-order chi connectivity index (χ1) is 16.2. The lowest BCUT2D eigenvalue weighted by atomic mass is 9.86. The third-order valence-corrected chi connectivity index (χ3v) is 6.04. The van der Waals surface area contributed by atoms with Crippen LogP contribution in [0, 0.1) is 0 Å². The van der Waals surface area contributed by atoms with Gasteiger partial charge in [-0.3, -0.25) is 4.79 Å². The number of benzene rings is 3. The fraction of sp³-hybridized carbons (Fsp3) is 0.185. The Morgan fingerprint density at radius 1 is 0.971 bits per heavy atom. The Hall–Kier alpha value is -4.26. The highest BCUT2D eigenvalue weighted by molar-refractivity contribution is 5.87. The van der Waals surface area contributed by atoms with Crippen LogP contribution in [-0.2, 0) is 5.41 Å². The minimum Gasteiger partial charge on any atom is -0.478 e. The van der Waals surface area contributed by atoms with Crippen molar-refractivity contribution in [3.63, 3.8) is 0 Å². The highest BCUT2D eigenvalue weighted by Crippen LogP contribution is 2.36. The quantitative estimate of drug-likeness (QED) is 0.457. The summed E-state index contributed by atoms with van der Waals surface area (Å²) in [5, 5.41) is 17.5. The van der Waals surface area contributed by atoms with Gasteiger partial charge in [0.2, 0.25) is 0 Å². The molecule has 0 spiro atoms. The molecule has 170 valence electrons. The summed E-state index contributed by atoms with van der Waals surface area (Å²) >= 11 is 0. The molecule has 0 fully saturated rings. The van der Waals surface area contributed by atoms with Crippen LogP contribution in [0.4, 0.5) is 5.69 Å². The lowest BCUT2D eigenvalue weighted by Gasteiger charge is -2.30. The van der Waals surface area contributed by atoms with Crippen molar-refractivity contribution in [3.05, 3.63) is 99.8 Å². The van der Waals surface area contributed by atoms with Crippen LogP contribution in [0.15, 0.2) is 77.6 Å². The van der Waals surface area contributed by atoms with Crippen LogP contribution in [0.25, 0.3) is 22.6 Å². The molecule has 0 radical (unpaired) electrons. The lowest BCUT2D eigenvalue weighted by Crippen LogP contribution is -2.32. The average molecular weight is 453 g/mol. The van der Waals surface area contributed by atoms with E-state index in [9.17, 15) is 14.7 Å². The number of aromatic carboxylic acids is 1. The number of rotatable bonds is 3. The van der Waals surface area contributed by atoms with Gasteiger partial charge in [-0.05, 0) is 40.8 Å². The molecule has 0 aliphatic carbocycles. The summed E-state index contributed by atoms with van der Waals surface area (Å²) in [5.41, 5.74) is 4.32. The van der Waals surface area contributed by atoms with Crippen molar-refractivity contribution in [3.8, 4) is 22.6 Å². The zero-order valence-corrected chi connectivity index (χ0v) is 19.1. The Morgan fingerprint density at radius 2 is 1.65 bits per heavy atom. The van der Waals surface area contributed by atoms with Gasteiger partial charge in [0.1, 0.15) is 6.17 Å². The van der Waals surface area contributed by atoms with Crippen molar-refractivity contribution >= 4 is 11.7 Å². The van der Waals surface area contributed by atoms with Crippen molar-refractivity contribution in [1.82, 2.24) is 14.8 Å². The molecular formula is C27H24N4O3. The van der Waals surface area contributed by atoms with Crippen molar-refractivity contribution in [2.75, 3.05) is 5.32 Å². The largest absolute Gasteiger partial charge is 0.478 e. The van der Waals surface area contributed by atoms with Crippen LogP contribution in [0.3, 0.4) is 0 Å². The van der Waals surface area contributed by atoms with E-state index in [-0.39, 0.29) is 16.7 Å². The van der Waals surface area contributed by atoms with E-state index >= 15 is 0 Å². The highest BCUT2D eigenvalue weighted by Gasteiger charge is 2.28. The second-order valence-electron chi connectivity index (χ2n) is 9.38. The predicted octanol–water partition coefficient (Wildman–Crippen LogP) is 4.94. The molecule has 7 nitrogen and oxygen atoms in total. The summed E-state index contributed by atoms with van der Waals surface area (Å²) < 4.78 is 1.70. The molecule has 5 rings (SSSR count). The van der Waals surface area contributed by atoms with E-state index in [1.807, 2.05) is 48.5 Å². The van der Waals surface area contributed by atoms with E-state index in [2.05, 4.69) is 31.1 Å². The van der Waals surface area contributed by atoms with Crippen LogP contribution in [0.5, 0.6) is 0 Å². The number of carboxylic acids is 1. The fourth-order valence-corrected chi connectivity index (χ4v) is 4.12. The number of nitrogens with zero attached hydrogens (tertiary/aromatic N) is 3. The molecule has 34 heavy (non-hydrogen) atoms. The minimum atomic E-state index is -0.988. The number of anilines is 1. The van der Waals surface area contributed by atoms with E-state index < -0.39 is 17.7 Å². The van der Waals surface area contributed by atoms with Gasteiger partial charge in [0.15, 0.2) is 11.5 Å². The number of hydrogen-bond donors (Lipinski definition) is 2. The van der Waals surface area contributed by atoms with E-state index in [4.69, 9.17) is 5.10 Å². The van der Waals surface area contributed by atoms with E-state index in [1.165, 1.54) is 0 Å². The van der Waals surface area contributed by atoms with E-state index in [0.29, 0.717) is 11.4 Å². The SMILES string of the molecule is CC(C)(C)c1ccc(-c2nn3c(nc2=O)-c2ccccc2N[C@H]3c2ccc(C(=O)O)cc2)cc1. The van der Waals surface area contributed by atoms with Gasteiger partial charge >= 0.3 is 5.97 Å². The molecule has 2 N–H and O–H groups in total. The van der Waals surface area contributed by atoms with Gasteiger partial charge in [-0.2, -0.15) is 10.1 Å². The average Bonchev–Trinajstić information content (AvgIpc) is 2.83. The molecule has 4 aromatic rings. The first kappa shape index (κ1) is 21.6. The molecule has 1 aromatic heterocycles. The predicted molar refractivity (Wildman–Crippen MR) is 131 cm³/mol. The summed E-state index contributed by atoms with van der Waals surface area (Å²) in [6, 6.07) is 22.0. The highest BCUT2D eigenvalue weighted by atomic mass is 16.4. The van der Waals surface area contributed by atoms with Crippen LogP contribution in [-0.4, -0.2) is 25.8 Å². The number of hydrogen-bond acceptors (Lipinski definition) is 5. The summed E-state index contributed by atoms with van der Waals surface area (Å²) in [6.45, 7) is 6.41. The van der Waals surface area contributed by atoms with Crippen LogP contribution in [0.1, 0.15) is 48.4 Å². The van der Waals surface area contributed by atoms with E-state index in [1.54, 1.807) is 28.9 Å². The maximum absolute atomic E-state index is 13.1. The molecule has 1 aliphatic rings. The number of carboxylic acid groups (broad SMARTS) is 1. The van der Waals surface area contributed by atoms with Crippen LogP contribution < -0.4 is 10.9 Å². The molecule has 0 bridgehead atoms. The standard InChI is InChI=1S/C27H24N4O3/c1-27(2,3)19-14-12-16(13-15-19)22-25(32)29-24-20-6-4-5-7-21(20)28-23(31(24)30-22)17-8-10-18(11-9-17)26(33)34/h4-15,23,28H,1-3H3,(H,33,34)/t23-/m1/s1. The molecule has 0 amide bonds. The second-order valence-corrected chi connectivity index (χ2v) is 9.38. The van der Waals surface area contributed by atoms with Gasteiger partial charge < -0.3 is 10.4 Å². The second kappa shape index (κ2) is 7.95. The van der Waals surface area contributed by atoms with Crippen LogP contribution in [0.2, 0.25) is 0 Å². The Balaban J connectivity index is 1.66. The van der Waals surface area contributed by atoms with Crippen molar-refractivity contribution in [1.29, 1.82) is 0 Å². The number of fused-ring (bicyclic) bond motifs is 3. The van der Waals surface area contributed by atoms with Gasteiger partial charge in [-0.15, -0.1) is 0 Å². The number of carbonyl (C=O) groups is 1. The molecule has 0 saturated carbocycles. The summed E-state index contributed by atoms with van der Waals surface area (Å²) in [5.74, 6) is -0.528. The first-order valence-electron chi connectivity index (χ1n) is 11.0. The molecule has 3 aromatic carbocycles. The third kappa shape index (κ3) is 3.75. The first-order valence-corrected chi connectivity index (χ1v) is 11.0. The minimum absolute atomic E-state index is 0.00402. The monoisotopic (exact) mass is 452 g/mol. The van der Waals surface area contributed by atoms with E-state index in [0.717, 1.165) is 22.4 Å². The number of para-hydroxylation sites is 1. The van der Waals surface area contributed by atoms with Gasteiger partial charge in [-0.25, -0.2) is 9.48 Å². The Bertz CT molecular complexity index is 1450. The molecule has 0 saturated heterocycles. The van der Waals surface area contributed by atoms with Gasteiger partial charge in [0.05, 0.1) is 5.56 Å². The Kier molecular flexibility index (Phi) is 5.05. The zero-order chi connectivity index (χ0) is 24.0. The lowest BCUT2D eigenvalue weighted by molar-refractivity contribution is 0.0697. The van der Waals surface area contributed by atoms with Gasteiger partial charge in [0, 0.05) is 16.8 Å². The van der Waals surface area contributed by atoms with Gasteiger partial charge in [-0.1, -0.05) is 69.3 Å². The maximum atomic E-state index is 13.1. The molecule has 1 aliphatic heterocycles. The zero-order valence-electron chi connectivity index (χ0n) is 19.1. The van der Waals surface area contributed by atoms with Crippen LogP contribution >= 0.6 is 0 Å². The summed E-state index contributed by atoms with van der Waals surface area (Å²) in [7, 11) is 0. The molecule has 0 unspecified atom stereocenters. The smallest absolute Gasteiger partial charge is 0.335 e. The molecular weight excluding hydrogens is 428 g/mol. The molecule has 2 heterocycles. The normalized spacial score (nSPS) is 14.6. The summed E-state index contributed by atoms with van der Waals surface area (Å²) in [4.78, 5) is 28.8. The summed E-state index contributed by atoms with van der Waals surface area (Å²) in [6.07, 6.45) is -0.464. The number of aromatic nitrogens is 3. The maximum Gasteiger partial charge on any atom is 0.335 e. The van der Waals surface area contributed by atoms with Crippen molar-refractivity contribution < 1.29 is 9.90 Å². The van der Waals surface area contributed by atoms with Crippen molar-refractivity contribution in [2.45, 2.75) is 32.4 Å². The third-order valence-electron chi connectivity index (χ3n) is 6.04. The van der Waals surface area contributed by atoms with Crippen molar-refractivity contribution in [2.24, 2.45) is 0 Å². The Labute approximate surface area is 196 Å². The molecule has 1 atom stereocenters. The Morgan fingerprint density at radius 3 is 2.29 bits per heavy atom. The molecule has 7 heteroatoms. The fourth-order valence-electron chi connectivity index (χ4n) is 4.12. The number of nitrogens with one attached hydrogen (secondary N) is 1. The van der Waals surface area contributed by atoms with Gasteiger partial charge in [0.25, 0.3) is 5.56 Å².